The van der Waals surface area contributed by atoms with Crippen LogP contribution in [0.25, 0.3) is 0 Å². The van der Waals surface area contributed by atoms with E-state index >= 15 is 0 Å². The normalized spacial score (nSPS) is 11.5. The Balaban J connectivity index is 2.65. The molecule has 9 heteroatoms. The van der Waals surface area contributed by atoms with Crippen molar-refractivity contribution in [1.82, 2.24) is 5.32 Å². The molecule has 0 aromatic heterocycles. The Morgan fingerprint density at radius 1 is 1.29 bits per heavy atom. The van der Waals surface area contributed by atoms with Crippen LogP contribution >= 0.6 is 34.2 Å². The van der Waals surface area contributed by atoms with Crippen molar-refractivity contribution in [3.8, 4) is 0 Å². The number of halogens is 2. The summed E-state index contributed by atoms with van der Waals surface area (Å²) in [5.41, 5.74) is 0.331. The Labute approximate surface area is 138 Å². The first kappa shape index (κ1) is 17.5. The molecule has 21 heavy (non-hydrogen) atoms. The maximum absolute atomic E-state index is 11.7. The van der Waals surface area contributed by atoms with Gasteiger partial charge in [-0.3, -0.25) is 4.79 Å². The summed E-state index contributed by atoms with van der Waals surface area (Å²) < 4.78 is 0.883. The molecule has 1 aromatic rings. The van der Waals surface area contributed by atoms with Crippen LogP contribution in [0.15, 0.2) is 18.2 Å². The molecule has 1 atom stereocenters. The third-order valence-corrected chi connectivity index (χ3v) is 3.41. The van der Waals surface area contributed by atoms with Gasteiger partial charge in [0, 0.05) is 9.99 Å². The van der Waals surface area contributed by atoms with Crippen molar-refractivity contribution in [2.45, 2.75) is 18.9 Å². The van der Waals surface area contributed by atoms with Gasteiger partial charge in [-0.2, -0.15) is 0 Å². The van der Waals surface area contributed by atoms with Gasteiger partial charge in [-0.05, 0) is 47.2 Å². The van der Waals surface area contributed by atoms with Gasteiger partial charge in [0.15, 0.2) is 0 Å². The van der Waals surface area contributed by atoms with Crippen LogP contribution in [0, 0.1) is 3.57 Å². The number of carbonyl (C=O) groups is 3. The molecule has 0 fully saturated rings. The minimum Gasteiger partial charge on any atom is -0.481 e. The maximum atomic E-state index is 11.7. The second kappa shape index (κ2) is 8.03. The summed E-state index contributed by atoms with van der Waals surface area (Å²) in [5.74, 6) is -2.44. The van der Waals surface area contributed by atoms with Gasteiger partial charge in [-0.25, -0.2) is 9.59 Å². The van der Waals surface area contributed by atoms with Crippen molar-refractivity contribution in [2.75, 3.05) is 5.32 Å². The molecule has 0 radical (unpaired) electrons. The van der Waals surface area contributed by atoms with E-state index in [4.69, 9.17) is 21.8 Å². The molecule has 1 aromatic carbocycles. The molecular weight excluding hydrogens is 414 g/mol. The zero-order valence-corrected chi connectivity index (χ0v) is 13.5. The van der Waals surface area contributed by atoms with E-state index < -0.39 is 24.0 Å². The van der Waals surface area contributed by atoms with Crippen molar-refractivity contribution >= 4 is 57.8 Å². The number of hydrogen-bond donors (Lipinski definition) is 4. The van der Waals surface area contributed by atoms with E-state index in [1.165, 1.54) is 0 Å². The Hall–Kier alpha value is -1.55. The Kier molecular flexibility index (Phi) is 6.69. The summed E-state index contributed by atoms with van der Waals surface area (Å²) in [6, 6.07) is 2.88. The zero-order chi connectivity index (χ0) is 16.0. The minimum atomic E-state index is -1.31. The van der Waals surface area contributed by atoms with E-state index in [1.54, 1.807) is 18.2 Å². The molecule has 7 nitrogen and oxygen atoms in total. The number of rotatable bonds is 6. The van der Waals surface area contributed by atoms with Crippen LogP contribution in [-0.4, -0.2) is 34.2 Å². The van der Waals surface area contributed by atoms with Gasteiger partial charge in [0.1, 0.15) is 6.04 Å². The molecule has 0 unspecified atom stereocenters. The van der Waals surface area contributed by atoms with Crippen molar-refractivity contribution in [1.29, 1.82) is 0 Å². The number of carbonyl (C=O) groups excluding carboxylic acids is 1. The fourth-order valence-electron chi connectivity index (χ4n) is 1.43. The Bertz CT molecular complexity index is 567. The summed E-state index contributed by atoms with van der Waals surface area (Å²) in [5, 5.41) is 22.4. The molecule has 4 N–H and O–H groups in total. The average molecular weight is 427 g/mol. The monoisotopic (exact) mass is 426 g/mol. The SMILES string of the molecule is O=C(O)CC[C@H](NC(=O)Nc1ccc(I)cc1Cl)C(=O)O. The van der Waals surface area contributed by atoms with Crippen LogP contribution in [0.1, 0.15) is 12.8 Å². The zero-order valence-electron chi connectivity index (χ0n) is 10.6. The predicted molar refractivity (Wildman–Crippen MR) is 84.6 cm³/mol. The first-order valence-corrected chi connectivity index (χ1v) is 7.22. The van der Waals surface area contributed by atoms with E-state index in [0.717, 1.165) is 3.57 Å². The predicted octanol–water partition coefficient (Wildman–Crippen LogP) is 2.38. The first-order valence-electron chi connectivity index (χ1n) is 5.76. The number of hydrogen-bond acceptors (Lipinski definition) is 3. The molecule has 0 aliphatic carbocycles. The van der Waals surface area contributed by atoms with E-state index in [2.05, 4.69) is 33.2 Å². The number of benzene rings is 1. The minimum absolute atomic E-state index is 0.210. The highest BCUT2D eigenvalue weighted by Gasteiger charge is 2.21. The molecule has 114 valence electrons. The average Bonchev–Trinajstić information content (AvgIpc) is 2.37. The number of nitrogens with one attached hydrogen (secondary N) is 2. The number of carboxylic acid groups (broad SMARTS) is 2. The van der Waals surface area contributed by atoms with E-state index in [1.807, 2.05) is 0 Å². The lowest BCUT2D eigenvalue weighted by molar-refractivity contribution is -0.140. The molecule has 0 aliphatic heterocycles. The van der Waals surface area contributed by atoms with Gasteiger partial charge in [0.05, 0.1) is 10.7 Å². The molecule has 2 amide bonds. The van der Waals surface area contributed by atoms with E-state index in [9.17, 15) is 14.4 Å². The van der Waals surface area contributed by atoms with Crippen LogP contribution in [0.2, 0.25) is 5.02 Å². The molecule has 1 rings (SSSR count). The standard InChI is InChI=1S/C12H12ClIN2O5/c13-7-5-6(14)1-2-8(7)15-12(21)16-9(11(19)20)3-4-10(17)18/h1-2,5,9H,3-4H2,(H,17,18)(H,19,20)(H2,15,16,21)/t9-/m0/s1. The van der Waals surface area contributed by atoms with Crippen molar-refractivity contribution in [3.05, 3.63) is 26.8 Å². The lowest BCUT2D eigenvalue weighted by Gasteiger charge is -2.15. The van der Waals surface area contributed by atoms with Crippen LogP contribution < -0.4 is 10.6 Å². The Morgan fingerprint density at radius 3 is 2.48 bits per heavy atom. The quantitative estimate of drug-likeness (QED) is 0.521. The number of amides is 2. The van der Waals surface area contributed by atoms with Crippen LogP contribution in [0.3, 0.4) is 0 Å². The van der Waals surface area contributed by atoms with Gasteiger partial charge < -0.3 is 20.8 Å². The smallest absolute Gasteiger partial charge is 0.326 e. The molecule has 0 aliphatic rings. The van der Waals surface area contributed by atoms with Crippen LogP contribution in [0.4, 0.5) is 10.5 Å². The van der Waals surface area contributed by atoms with Gasteiger partial charge in [-0.1, -0.05) is 11.6 Å². The Morgan fingerprint density at radius 2 is 1.95 bits per heavy atom. The summed E-state index contributed by atoms with van der Waals surface area (Å²) >= 11 is 7.99. The highest BCUT2D eigenvalue weighted by molar-refractivity contribution is 14.1. The fraction of sp³-hybridized carbons (Fsp3) is 0.250. The number of aliphatic carboxylic acids is 2. The van der Waals surface area contributed by atoms with Crippen molar-refractivity contribution < 1.29 is 24.6 Å². The second-order valence-electron chi connectivity index (χ2n) is 4.05. The van der Waals surface area contributed by atoms with Crippen molar-refractivity contribution in [3.63, 3.8) is 0 Å². The molecule has 0 saturated heterocycles. The summed E-state index contributed by atoms with van der Waals surface area (Å²) in [6.45, 7) is 0. The van der Waals surface area contributed by atoms with Gasteiger partial charge >= 0.3 is 18.0 Å². The fourth-order valence-corrected chi connectivity index (χ4v) is 2.34. The topological polar surface area (TPSA) is 116 Å². The molecule has 0 spiro atoms. The highest BCUT2D eigenvalue weighted by Crippen LogP contribution is 2.23. The largest absolute Gasteiger partial charge is 0.481 e. The second-order valence-corrected chi connectivity index (χ2v) is 5.70. The molecule has 0 bridgehead atoms. The van der Waals surface area contributed by atoms with E-state index in [-0.39, 0.29) is 12.8 Å². The van der Waals surface area contributed by atoms with Crippen LogP contribution in [0.5, 0.6) is 0 Å². The van der Waals surface area contributed by atoms with Gasteiger partial charge in [0.2, 0.25) is 0 Å². The number of anilines is 1. The molecular formula is C12H12ClIN2O5. The van der Waals surface area contributed by atoms with Crippen molar-refractivity contribution in [2.24, 2.45) is 0 Å². The van der Waals surface area contributed by atoms with Gasteiger partial charge in [-0.15, -0.1) is 0 Å². The lowest BCUT2D eigenvalue weighted by Crippen LogP contribution is -2.43. The lowest BCUT2D eigenvalue weighted by atomic mass is 10.1. The highest BCUT2D eigenvalue weighted by atomic mass is 127. The summed E-state index contributed by atoms with van der Waals surface area (Å²) in [7, 11) is 0. The number of urea groups is 1. The number of carboxylic acids is 2. The first-order chi connectivity index (χ1) is 9.79. The van der Waals surface area contributed by atoms with E-state index in [0.29, 0.717) is 10.7 Å². The molecule has 0 saturated carbocycles. The van der Waals surface area contributed by atoms with Crippen LogP contribution in [-0.2, 0) is 9.59 Å². The third-order valence-electron chi connectivity index (χ3n) is 2.43. The third kappa shape index (κ3) is 6.17. The summed E-state index contributed by atoms with van der Waals surface area (Å²) in [6.07, 6.45) is -0.569. The summed E-state index contributed by atoms with van der Waals surface area (Å²) in [4.78, 5) is 33.1. The maximum Gasteiger partial charge on any atom is 0.326 e. The molecule has 0 heterocycles. The van der Waals surface area contributed by atoms with Gasteiger partial charge in [0.25, 0.3) is 0 Å².